The summed E-state index contributed by atoms with van der Waals surface area (Å²) >= 11 is 0. The monoisotopic (exact) mass is 345 g/mol. The molecule has 1 fully saturated rings. The molecule has 0 spiro atoms. The molecule has 2 heterocycles. The van der Waals surface area contributed by atoms with Crippen molar-refractivity contribution in [1.29, 1.82) is 0 Å². The van der Waals surface area contributed by atoms with Gasteiger partial charge in [0.1, 0.15) is 0 Å². The lowest BCUT2D eigenvalue weighted by Gasteiger charge is -2.30. The molecule has 6 heteroatoms. The Kier molecular flexibility index (Phi) is 5.26. The fraction of sp³-hybridized carbons (Fsp3) is 0.444. The zero-order valence-corrected chi connectivity index (χ0v) is 14.7. The minimum atomic E-state index is -3.10. The summed E-state index contributed by atoms with van der Waals surface area (Å²) in [5.74, 6) is 0.315. The molecule has 24 heavy (non-hydrogen) atoms. The SMILES string of the molecule is CS(=O)(=O)N1CCC[C@H](Cc2cncc(Cc3ccccc3)n2)C1. The second-order valence-electron chi connectivity index (χ2n) is 6.50. The third-order valence-corrected chi connectivity index (χ3v) is 5.68. The Morgan fingerprint density at radius 3 is 2.67 bits per heavy atom. The molecule has 0 N–H and O–H groups in total. The summed E-state index contributed by atoms with van der Waals surface area (Å²) in [5, 5.41) is 0. The molecule has 1 saturated heterocycles. The fourth-order valence-electron chi connectivity index (χ4n) is 3.23. The summed E-state index contributed by atoms with van der Waals surface area (Å²) in [6.45, 7) is 1.22. The highest BCUT2D eigenvalue weighted by Gasteiger charge is 2.26. The van der Waals surface area contributed by atoms with Crippen LogP contribution in [0, 0.1) is 5.92 Å². The number of hydrogen-bond donors (Lipinski definition) is 0. The Morgan fingerprint density at radius 1 is 1.17 bits per heavy atom. The Bertz CT molecular complexity index is 778. The van der Waals surface area contributed by atoms with Crippen LogP contribution in [0.2, 0.25) is 0 Å². The number of piperidine rings is 1. The Labute approximate surface area is 143 Å². The van der Waals surface area contributed by atoms with Gasteiger partial charge in [-0.15, -0.1) is 0 Å². The van der Waals surface area contributed by atoms with Gasteiger partial charge in [-0.3, -0.25) is 9.97 Å². The quantitative estimate of drug-likeness (QED) is 0.834. The molecule has 3 rings (SSSR count). The zero-order valence-electron chi connectivity index (χ0n) is 13.9. The van der Waals surface area contributed by atoms with Gasteiger partial charge in [0.05, 0.1) is 17.6 Å². The van der Waals surface area contributed by atoms with Crippen LogP contribution >= 0.6 is 0 Å². The van der Waals surface area contributed by atoms with Crippen LogP contribution in [0.15, 0.2) is 42.7 Å². The number of benzene rings is 1. The van der Waals surface area contributed by atoms with Crippen molar-refractivity contribution < 1.29 is 8.42 Å². The molecule has 0 radical (unpaired) electrons. The Balaban J connectivity index is 1.66. The van der Waals surface area contributed by atoms with Crippen LogP contribution in [0.4, 0.5) is 0 Å². The summed E-state index contributed by atoms with van der Waals surface area (Å²) in [7, 11) is -3.10. The standard InChI is InChI=1S/C18H23N3O2S/c1-24(22,23)21-9-5-8-16(14-21)11-18-13-19-12-17(20-18)10-15-6-3-2-4-7-15/h2-4,6-7,12-13,16H,5,8-11,14H2,1H3/t16-/m1/s1. The molecular formula is C18H23N3O2S. The van der Waals surface area contributed by atoms with E-state index in [2.05, 4.69) is 17.1 Å². The second kappa shape index (κ2) is 7.40. The highest BCUT2D eigenvalue weighted by molar-refractivity contribution is 7.88. The first-order chi connectivity index (χ1) is 11.5. The third-order valence-electron chi connectivity index (χ3n) is 4.41. The fourth-order valence-corrected chi connectivity index (χ4v) is 4.17. The van der Waals surface area contributed by atoms with Gasteiger partial charge >= 0.3 is 0 Å². The van der Waals surface area contributed by atoms with E-state index in [4.69, 9.17) is 4.98 Å². The summed E-state index contributed by atoms with van der Waals surface area (Å²) in [4.78, 5) is 9.04. The Morgan fingerprint density at radius 2 is 1.92 bits per heavy atom. The minimum absolute atomic E-state index is 0.315. The summed E-state index contributed by atoms with van der Waals surface area (Å²) in [5.41, 5.74) is 3.11. The molecule has 1 aliphatic rings. The molecule has 1 atom stereocenters. The predicted molar refractivity (Wildman–Crippen MR) is 94.1 cm³/mol. The van der Waals surface area contributed by atoms with Crippen LogP contribution in [-0.4, -0.2) is 42.0 Å². The normalized spacial score (nSPS) is 19.3. The maximum Gasteiger partial charge on any atom is 0.211 e. The van der Waals surface area contributed by atoms with Crippen LogP contribution in [0.5, 0.6) is 0 Å². The number of nitrogens with zero attached hydrogens (tertiary/aromatic N) is 3. The summed E-state index contributed by atoms with van der Waals surface area (Å²) in [6, 6.07) is 10.2. The van der Waals surface area contributed by atoms with Crippen molar-refractivity contribution in [3.8, 4) is 0 Å². The van der Waals surface area contributed by atoms with Gasteiger partial charge in [-0.2, -0.15) is 0 Å². The van der Waals surface area contributed by atoms with Crippen molar-refractivity contribution in [2.24, 2.45) is 5.92 Å². The molecule has 1 aliphatic heterocycles. The van der Waals surface area contributed by atoms with Crippen molar-refractivity contribution in [3.63, 3.8) is 0 Å². The molecule has 128 valence electrons. The molecule has 0 unspecified atom stereocenters. The average molecular weight is 345 g/mol. The lowest BCUT2D eigenvalue weighted by atomic mass is 9.95. The molecule has 0 amide bonds. The van der Waals surface area contributed by atoms with E-state index in [0.717, 1.165) is 37.1 Å². The van der Waals surface area contributed by atoms with Crippen LogP contribution in [0.25, 0.3) is 0 Å². The number of hydrogen-bond acceptors (Lipinski definition) is 4. The van der Waals surface area contributed by atoms with Crippen LogP contribution in [-0.2, 0) is 22.9 Å². The van der Waals surface area contributed by atoms with Crippen LogP contribution in [0.1, 0.15) is 29.8 Å². The average Bonchev–Trinajstić information content (AvgIpc) is 2.56. The highest BCUT2D eigenvalue weighted by atomic mass is 32.2. The minimum Gasteiger partial charge on any atom is -0.261 e. The molecule has 1 aromatic carbocycles. The Hall–Kier alpha value is -1.79. The smallest absolute Gasteiger partial charge is 0.211 e. The number of sulfonamides is 1. The van der Waals surface area contributed by atoms with E-state index in [1.165, 1.54) is 11.8 Å². The molecule has 5 nitrogen and oxygen atoms in total. The van der Waals surface area contributed by atoms with Crippen molar-refractivity contribution in [2.75, 3.05) is 19.3 Å². The van der Waals surface area contributed by atoms with E-state index in [1.54, 1.807) is 16.7 Å². The van der Waals surface area contributed by atoms with E-state index in [9.17, 15) is 8.42 Å². The van der Waals surface area contributed by atoms with Gasteiger partial charge in [0.25, 0.3) is 0 Å². The topological polar surface area (TPSA) is 63.2 Å². The highest BCUT2D eigenvalue weighted by Crippen LogP contribution is 2.22. The van der Waals surface area contributed by atoms with Crippen molar-refractivity contribution in [1.82, 2.24) is 14.3 Å². The van der Waals surface area contributed by atoms with Crippen LogP contribution in [0.3, 0.4) is 0 Å². The van der Waals surface area contributed by atoms with Crippen molar-refractivity contribution in [3.05, 3.63) is 59.7 Å². The van der Waals surface area contributed by atoms with E-state index in [1.807, 2.05) is 18.2 Å². The van der Waals surface area contributed by atoms with Gasteiger partial charge in [0.15, 0.2) is 0 Å². The van der Waals surface area contributed by atoms with Crippen LogP contribution < -0.4 is 0 Å². The van der Waals surface area contributed by atoms with Gasteiger partial charge in [0.2, 0.25) is 10.0 Å². The zero-order chi connectivity index (χ0) is 17.0. The largest absolute Gasteiger partial charge is 0.261 e. The summed E-state index contributed by atoms with van der Waals surface area (Å²) < 4.78 is 25.1. The maximum absolute atomic E-state index is 11.7. The number of aromatic nitrogens is 2. The van der Waals surface area contributed by atoms with E-state index >= 15 is 0 Å². The predicted octanol–water partition coefficient (Wildman–Crippen LogP) is 2.28. The molecule has 0 saturated carbocycles. The van der Waals surface area contributed by atoms with E-state index in [-0.39, 0.29) is 0 Å². The third kappa shape index (κ3) is 4.61. The molecule has 2 aromatic rings. The summed E-state index contributed by atoms with van der Waals surface area (Å²) in [6.07, 6.45) is 8.39. The van der Waals surface area contributed by atoms with Gasteiger partial charge in [-0.25, -0.2) is 12.7 Å². The molecule has 1 aromatic heterocycles. The van der Waals surface area contributed by atoms with Gasteiger partial charge in [-0.1, -0.05) is 30.3 Å². The van der Waals surface area contributed by atoms with Gasteiger partial charge in [0, 0.05) is 31.9 Å². The first kappa shape index (κ1) is 17.0. The van der Waals surface area contributed by atoms with Gasteiger partial charge < -0.3 is 0 Å². The van der Waals surface area contributed by atoms with Gasteiger partial charge in [-0.05, 0) is 30.7 Å². The first-order valence-corrected chi connectivity index (χ1v) is 10.1. The lowest BCUT2D eigenvalue weighted by molar-refractivity contribution is 0.265. The van der Waals surface area contributed by atoms with Crippen molar-refractivity contribution in [2.45, 2.75) is 25.7 Å². The molecular weight excluding hydrogens is 322 g/mol. The van der Waals surface area contributed by atoms with Crippen molar-refractivity contribution >= 4 is 10.0 Å². The van der Waals surface area contributed by atoms with E-state index in [0.29, 0.717) is 19.0 Å². The maximum atomic E-state index is 11.7. The first-order valence-electron chi connectivity index (χ1n) is 8.29. The lowest BCUT2D eigenvalue weighted by Crippen LogP contribution is -2.39. The molecule has 0 bridgehead atoms. The second-order valence-corrected chi connectivity index (χ2v) is 8.48. The molecule has 0 aliphatic carbocycles. The van der Waals surface area contributed by atoms with E-state index < -0.39 is 10.0 Å². The number of rotatable bonds is 5.